The Labute approximate surface area is 154 Å². The first-order valence-corrected chi connectivity index (χ1v) is 9.75. The summed E-state index contributed by atoms with van der Waals surface area (Å²) in [6, 6.07) is 7.59. The van der Waals surface area contributed by atoms with Crippen molar-refractivity contribution in [1.29, 1.82) is 0 Å². The molecule has 2 saturated heterocycles. The molecular formula is C21H28FN3O. The van der Waals surface area contributed by atoms with Crippen LogP contribution >= 0.6 is 0 Å². The Kier molecular flexibility index (Phi) is 5.09. The van der Waals surface area contributed by atoms with Crippen LogP contribution < -0.4 is 4.90 Å². The first-order chi connectivity index (χ1) is 12.6. The summed E-state index contributed by atoms with van der Waals surface area (Å²) in [6.07, 6.45) is 2.39. The van der Waals surface area contributed by atoms with Crippen LogP contribution in [-0.4, -0.2) is 55.3 Å². The molecule has 0 aliphatic carbocycles. The molecule has 2 aromatic rings. The molecule has 2 aliphatic rings. The van der Waals surface area contributed by atoms with Gasteiger partial charge in [-0.2, -0.15) is 0 Å². The smallest absolute Gasteiger partial charge is 0.129 e. The zero-order valence-corrected chi connectivity index (χ0v) is 15.7. The molecule has 2 fully saturated rings. The van der Waals surface area contributed by atoms with Crippen molar-refractivity contribution in [2.75, 3.05) is 44.3 Å². The number of rotatable bonds is 3. The highest BCUT2D eigenvalue weighted by atomic mass is 19.1. The molecule has 0 bridgehead atoms. The molecule has 2 aliphatic heterocycles. The number of hydrogen-bond donors (Lipinski definition) is 0. The van der Waals surface area contributed by atoms with Crippen molar-refractivity contribution in [3.8, 4) is 0 Å². The molecule has 0 unspecified atom stereocenters. The number of ether oxygens (including phenoxy) is 1. The molecule has 0 N–H and O–H groups in total. The third kappa shape index (κ3) is 3.55. The summed E-state index contributed by atoms with van der Waals surface area (Å²) in [5.74, 6) is 1.56. The average molecular weight is 357 g/mol. The van der Waals surface area contributed by atoms with Gasteiger partial charge in [0.15, 0.2) is 0 Å². The summed E-state index contributed by atoms with van der Waals surface area (Å²) < 4.78 is 19.0. The Bertz CT molecular complexity index is 767. The molecule has 1 aromatic heterocycles. The van der Waals surface area contributed by atoms with Crippen molar-refractivity contribution in [3.63, 3.8) is 0 Å². The second-order valence-electron chi connectivity index (χ2n) is 7.67. The second-order valence-corrected chi connectivity index (χ2v) is 7.67. The number of fused-ring (bicyclic) bond motifs is 1. The fraction of sp³-hybridized carbons (Fsp3) is 0.571. The van der Waals surface area contributed by atoms with E-state index >= 15 is 0 Å². The van der Waals surface area contributed by atoms with E-state index in [1.165, 1.54) is 18.9 Å². The molecule has 5 heteroatoms. The number of piperidine rings is 1. The van der Waals surface area contributed by atoms with E-state index in [9.17, 15) is 4.39 Å². The van der Waals surface area contributed by atoms with Crippen LogP contribution in [-0.2, 0) is 4.74 Å². The van der Waals surface area contributed by atoms with E-state index in [1.807, 2.05) is 6.92 Å². The van der Waals surface area contributed by atoms with Gasteiger partial charge in [0, 0.05) is 37.6 Å². The van der Waals surface area contributed by atoms with Crippen molar-refractivity contribution in [2.24, 2.45) is 5.92 Å². The Morgan fingerprint density at radius 2 is 1.85 bits per heavy atom. The first kappa shape index (κ1) is 17.7. The summed E-state index contributed by atoms with van der Waals surface area (Å²) >= 11 is 0. The van der Waals surface area contributed by atoms with Gasteiger partial charge in [0.2, 0.25) is 0 Å². The number of morpholine rings is 1. The zero-order valence-electron chi connectivity index (χ0n) is 15.7. The van der Waals surface area contributed by atoms with Gasteiger partial charge in [-0.3, -0.25) is 4.90 Å². The first-order valence-electron chi connectivity index (χ1n) is 9.75. The number of anilines is 1. The standard InChI is InChI=1S/C21H28FN3O/c1-15-13-21(23-20-4-3-18(22)14-19(15)20)25-7-5-17(6-8-25)16(2)24-9-11-26-12-10-24/h3-4,13-14,16-17H,5-12H2,1-2H3/t16-/m0/s1. The van der Waals surface area contributed by atoms with Crippen LogP contribution in [0.4, 0.5) is 10.2 Å². The molecule has 0 radical (unpaired) electrons. The van der Waals surface area contributed by atoms with Crippen molar-refractivity contribution < 1.29 is 9.13 Å². The van der Waals surface area contributed by atoms with Crippen LogP contribution in [0.3, 0.4) is 0 Å². The average Bonchev–Trinajstić information content (AvgIpc) is 2.68. The largest absolute Gasteiger partial charge is 0.379 e. The van der Waals surface area contributed by atoms with E-state index < -0.39 is 0 Å². The maximum absolute atomic E-state index is 13.5. The molecular weight excluding hydrogens is 329 g/mol. The topological polar surface area (TPSA) is 28.6 Å². The molecule has 26 heavy (non-hydrogen) atoms. The second kappa shape index (κ2) is 7.49. The SMILES string of the molecule is Cc1cc(N2CCC([C@H](C)N3CCOCC3)CC2)nc2ccc(F)cc12. The lowest BCUT2D eigenvalue weighted by atomic mass is 9.89. The minimum absolute atomic E-state index is 0.201. The van der Waals surface area contributed by atoms with Crippen LogP contribution in [0.15, 0.2) is 24.3 Å². The minimum atomic E-state index is -0.201. The number of benzene rings is 1. The number of hydrogen-bond acceptors (Lipinski definition) is 4. The molecule has 1 atom stereocenters. The monoisotopic (exact) mass is 357 g/mol. The van der Waals surface area contributed by atoms with Gasteiger partial charge < -0.3 is 9.64 Å². The molecule has 0 spiro atoms. The van der Waals surface area contributed by atoms with Gasteiger partial charge in [-0.1, -0.05) is 0 Å². The lowest BCUT2D eigenvalue weighted by molar-refractivity contribution is 0.00448. The highest BCUT2D eigenvalue weighted by Crippen LogP contribution is 2.29. The van der Waals surface area contributed by atoms with Crippen LogP contribution in [0.25, 0.3) is 10.9 Å². The lowest BCUT2D eigenvalue weighted by Crippen LogP contribution is -2.48. The fourth-order valence-corrected chi connectivity index (χ4v) is 4.40. The van der Waals surface area contributed by atoms with Gasteiger partial charge in [0.05, 0.1) is 18.7 Å². The van der Waals surface area contributed by atoms with Crippen molar-refractivity contribution in [1.82, 2.24) is 9.88 Å². The van der Waals surface area contributed by atoms with Gasteiger partial charge in [-0.05, 0) is 62.4 Å². The summed E-state index contributed by atoms with van der Waals surface area (Å²) in [4.78, 5) is 9.76. The highest BCUT2D eigenvalue weighted by molar-refractivity contribution is 5.84. The molecule has 1 aromatic carbocycles. The van der Waals surface area contributed by atoms with Crippen LogP contribution in [0.5, 0.6) is 0 Å². The predicted octanol–water partition coefficient (Wildman–Crippen LogP) is 3.62. The van der Waals surface area contributed by atoms with Gasteiger partial charge in [0.1, 0.15) is 11.6 Å². The molecule has 4 nitrogen and oxygen atoms in total. The minimum Gasteiger partial charge on any atom is -0.379 e. The lowest BCUT2D eigenvalue weighted by Gasteiger charge is -2.41. The highest BCUT2D eigenvalue weighted by Gasteiger charge is 2.29. The Morgan fingerprint density at radius 1 is 1.12 bits per heavy atom. The van der Waals surface area contributed by atoms with E-state index in [1.54, 1.807) is 12.1 Å². The maximum Gasteiger partial charge on any atom is 0.129 e. The van der Waals surface area contributed by atoms with Crippen LogP contribution in [0, 0.1) is 18.7 Å². The van der Waals surface area contributed by atoms with E-state index in [2.05, 4.69) is 22.8 Å². The number of nitrogens with zero attached hydrogens (tertiary/aromatic N) is 3. The summed E-state index contributed by atoms with van der Waals surface area (Å²) in [6.45, 7) is 10.3. The molecule has 0 amide bonds. The summed E-state index contributed by atoms with van der Waals surface area (Å²) in [5, 5.41) is 0.907. The van der Waals surface area contributed by atoms with Gasteiger partial charge >= 0.3 is 0 Å². The van der Waals surface area contributed by atoms with E-state index in [0.717, 1.165) is 67.6 Å². The Balaban J connectivity index is 1.44. The number of aromatic nitrogens is 1. The van der Waals surface area contributed by atoms with Crippen LogP contribution in [0.2, 0.25) is 0 Å². The molecule has 140 valence electrons. The fourth-order valence-electron chi connectivity index (χ4n) is 4.40. The van der Waals surface area contributed by atoms with Crippen molar-refractivity contribution >= 4 is 16.7 Å². The quantitative estimate of drug-likeness (QED) is 0.839. The van der Waals surface area contributed by atoms with Crippen molar-refractivity contribution in [2.45, 2.75) is 32.7 Å². The molecule has 4 rings (SSSR count). The zero-order chi connectivity index (χ0) is 18.1. The van der Waals surface area contributed by atoms with E-state index in [4.69, 9.17) is 9.72 Å². The number of halogens is 1. The summed E-state index contributed by atoms with van der Waals surface area (Å²) in [5.41, 5.74) is 1.97. The third-order valence-corrected chi connectivity index (χ3v) is 6.13. The normalized spacial score (nSPS) is 21.3. The van der Waals surface area contributed by atoms with Gasteiger partial charge in [-0.25, -0.2) is 9.37 Å². The van der Waals surface area contributed by atoms with Gasteiger partial charge in [0.25, 0.3) is 0 Å². The van der Waals surface area contributed by atoms with E-state index in [0.29, 0.717) is 6.04 Å². The molecule has 3 heterocycles. The third-order valence-electron chi connectivity index (χ3n) is 6.13. The number of pyridine rings is 1. The van der Waals surface area contributed by atoms with Crippen molar-refractivity contribution in [3.05, 3.63) is 35.6 Å². The van der Waals surface area contributed by atoms with Crippen LogP contribution in [0.1, 0.15) is 25.3 Å². The maximum atomic E-state index is 13.5. The van der Waals surface area contributed by atoms with E-state index in [-0.39, 0.29) is 5.82 Å². The summed E-state index contributed by atoms with van der Waals surface area (Å²) in [7, 11) is 0. The molecule has 0 saturated carbocycles. The Hall–Kier alpha value is -1.72. The predicted molar refractivity (Wildman–Crippen MR) is 103 cm³/mol. The Morgan fingerprint density at radius 3 is 2.58 bits per heavy atom. The number of aryl methyl sites for hydroxylation is 1. The van der Waals surface area contributed by atoms with Gasteiger partial charge in [-0.15, -0.1) is 0 Å².